The predicted octanol–water partition coefficient (Wildman–Crippen LogP) is 4.44. The molecule has 0 bridgehead atoms. The Labute approximate surface area is 194 Å². The average Bonchev–Trinajstić information content (AvgIpc) is 2.83. The van der Waals surface area contributed by atoms with E-state index in [0.717, 1.165) is 5.56 Å². The topological polar surface area (TPSA) is 90.3 Å². The first kappa shape index (κ1) is 22.2. The number of hydrogen-bond acceptors (Lipinski definition) is 5. The fraction of sp³-hybridized carbons (Fsp3) is 0.120. The van der Waals surface area contributed by atoms with Gasteiger partial charge in [0.05, 0.1) is 5.02 Å². The number of anilines is 1. The monoisotopic (exact) mass is 461 g/mol. The third-order valence-electron chi connectivity index (χ3n) is 5.19. The van der Waals surface area contributed by atoms with Crippen LogP contribution in [-0.4, -0.2) is 27.5 Å². The summed E-state index contributed by atoms with van der Waals surface area (Å²) in [5.41, 5.74) is 1.04. The molecular formula is C25H20ClN3O4. The molecule has 0 saturated carbocycles. The van der Waals surface area contributed by atoms with Crippen molar-refractivity contribution < 1.29 is 14.3 Å². The molecule has 2 heterocycles. The number of carbonyl (C=O) groups excluding carboxylic acids is 2. The van der Waals surface area contributed by atoms with Gasteiger partial charge in [0.1, 0.15) is 11.5 Å². The van der Waals surface area contributed by atoms with Crippen molar-refractivity contribution in [3.63, 3.8) is 0 Å². The third kappa shape index (κ3) is 4.49. The minimum Gasteiger partial charge on any atom is -0.448 e. The smallest absolute Gasteiger partial charge is 0.356 e. The minimum absolute atomic E-state index is 0.0640. The highest BCUT2D eigenvalue weighted by molar-refractivity contribution is 6.30. The normalized spacial score (nSPS) is 11.7. The Hall–Kier alpha value is -3.97. The summed E-state index contributed by atoms with van der Waals surface area (Å²) in [4.78, 5) is 42.8. The van der Waals surface area contributed by atoms with E-state index in [9.17, 15) is 14.4 Å². The first-order valence-corrected chi connectivity index (χ1v) is 10.5. The summed E-state index contributed by atoms with van der Waals surface area (Å²) in [7, 11) is 1.51. The Morgan fingerprint density at radius 3 is 2.33 bits per heavy atom. The Kier molecular flexibility index (Phi) is 6.24. The molecule has 8 heteroatoms. The van der Waals surface area contributed by atoms with E-state index in [1.807, 2.05) is 30.3 Å². The minimum atomic E-state index is -1.14. The van der Waals surface area contributed by atoms with Gasteiger partial charge in [-0.15, -0.1) is 0 Å². The van der Waals surface area contributed by atoms with Crippen LogP contribution in [0, 0.1) is 0 Å². The number of pyridine rings is 2. The summed E-state index contributed by atoms with van der Waals surface area (Å²) in [6.45, 7) is 1.45. The zero-order valence-corrected chi connectivity index (χ0v) is 18.7. The number of rotatable bonds is 5. The standard InChI is InChI=1S/C25H20ClN3O4/c1-15(23(30)28-20-13-12-17(26)14-27-20)33-25(32)22-21(16-8-4-3-5-9-16)18-10-6-7-11-19(18)24(31)29(22)2/h3-15H,1-2H3,(H,27,28,30). The van der Waals surface area contributed by atoms with Gasteiger partial charge >= 0.3 is 5.97 Å². The highest BCUT2D eigenvalue weighted by atomic mass is 35.5. The van der Waals surface area contributed by atoms with Crippen LogP contribution in [0.3, 0.4) is 0 Å². The summed E-state index contributed by atoms with van der Waals surface area (Å²) >= 11 is 5.81. The molecule has 1 unspecified atom stereocenters. The summed E-state index contributed by atoms with van der Waals surface area (Å²) in [6.07, 6.45) is 0.255. The molecule has 166 valence electrons. The van der Waals surface area contributed by atoms with Crippen LogP contribution in [0.5, 0.6) is 0 Å². The predicted molar refractivity (Wildman–Crippen MR) is 127 cm³/mol. The van der Waals surface area contributed by atoms with Crippen molar-refractivity contribution in [2.24, 2.45) is 7.05 Å². The second-order valence-electron chi connectivity index (χ2n) is 7.40. The summed E-state index contributed by atoms with van der Waals surface area (Å²) < 4.78 is 6.74. The van der Waals surface area contributed by atoms with Gasteiger partial charge in [0.25, 0.3) is 11.5 Å². The number of nitrogens with zero attached hydrogens (tertiary/aromatic N) is 2. The highest BCUT2D eigenvalue weighted by Gasteiger charge is 2.26. The molecule has 0 fully saturated rings. The van der Waals surface area contributed by atoms with Crippen molar-refractivity contribution in [1.82, 2.24) is 9.55 Å². The van der Waals surface area contributed by atoms with Gasteiger partial charge in [0.2, 0.25) is 0 Å². The van der Waals surface area contributed by atoms with E-state index in [4.69, 9.17) is 16.3 Å². The molecule has 1 amide bonds. The summed E-state index contributed by atoms with van der Waals surface area (Å²) in [5, 5.41) is 4.11. The molecule has 2 aromatic carbocycles. The zero-order valence-electron chi connectivity index (χ0n) is 17.9. The van der Waals surface area contributed by atoms with Gasteiger partial charge in [-0.25, -0.2) is 9.78 Å². The lowest BCUT2D eigenvalue weighted by atomic mass is 9.97. The number of hydrogen-bond donors (Lipinski definition) is 1. The van der Waals surface area contributed by atoms with Crippen LogP contribution in [0.2, 0.25) is 5.02 Å². The average molecular weight is 462 g/mol. The van der Waals surface area contributed by atoms with Crippen molar-refractivity contribution in [2.75, 3.05) is 5.32 Å². The maximum absolute atomic E-state index is 13.3. The molecule has 0 radical (unpaired) electrons. The fourth-order valence-electron chi connectivity index (χ4n) is 3.55. The molecule has 0 aliphatic heterocycles. The van der Waals surface area contributed by atoms with Crippen LogP contribution in [-0.2, 0) is 16.6 Å². The number of esters is 1. The lowest BCUT2D eigenvalue weighted by Crippen LogP contribution is -2.33. The van der Waals surface area contributed by atoms with Crippen molar-refractivity contribution in [2.45, 2.75) is 13.0 Å². The first-order chi connectivity index (χ1) is 15.9. The largest absolute Gasteiger partial charge is 0.448 e. The number of nitrogens with one attached hydrogen (secondary N) is 1. The van der Waals surface area contributed by atoms with E-state index in [0.29, 0.717) is 21.4 Å². The Balaban J connectivity index is 1.72. The van der Waals surface area contributed by atoms with E-state index in [1.54, 1.807) is 30.3 Å². The molecule has 0 aliphatic carbocycles. The highest BCUT2D eigenvalue weighted by Crippen LogP contribution is 2.31. The molecule has 4 rings (SSSR count). The number of fused-ring (bicyclic) bond motifs is 1. The van der Waals surface area contributed by atoms with Crippen LogP contribution in [0.15, 0.2) is 77.7 Å². The Morgan fingerprint density at radius 1 is 1.00 bits per heavy atom. The lowest BCUT2D eigenvalue weighted by Gasteiger charge is -2.19. The van der Waals surface area contributed by atoms with Gasteiger partial charge in [-0.05, 0) is 36.1 Å². The molecule has 4 aromatic rings. The quantitative estimate of drug-likeness (QED) is 0.444. The van der Waals surface area contributed by atoms with E-state index in [1.165, 1.54) is 30.8 Å². The van der Waals surface area contributed by atoms with E-state index in [2.05, 4.69) is 10.3 Å². The molecule has 7 nitrogen and oxygen atoms in total. The van der Waals surface area contributed by atoms with Crippen LogP contribution in [0.25, 0.3) is 21.9 Å². The van der Waals surface area contributed by atoms with Gasteiger partial charge in [-0.1, -0.05) is 60.1 Å². The number of aromatic nitrogens is 2. The van der Waals surface area contributed by atoms with Crippen LogP contribution in [0.1, 0.15) is 17.4 Å². The molecule has 33 heavy (non-hydrogen) atoms. The number of halogens is 1. The zero-order chi connectivity index (χ0) is 23.5. The van der Waals surface area contributed by atoms with Gasteiger partial charge in [-0.3, -0.25) is 9.59 Å². The molecule has 1 N–H and O–H groups in total. The van der Waals surface area contributed by atoms with Gasteiger partial charge in [0, 0.05) is 24.2 Å². The molecule has 2 aromatic heterocycles. The maximum atomic E-state index is 13.3. The molecular weight excluding hydrogens is 442 g/mol. The van der Waals surface area contributed by atoms with Gasteiger partial charge in [0.15, 0.2) is 6.10 Å². The SMILES string of the molecule is CC(OC(=O)c1c(-c2ccccc2)c2ccccc2c(=O)n1C)C(=O)Nc1ccc(Cl)cn1. The maximum Gasteiger partial charge on any atom is 0.356 e. The summed E-state index contributed by atoms with van der Waals surface area (Å²) in [5.74, 6) is -1.08. The molecule has 0 spiro atoms. The van der Waals surface area contributed by atoms with Gasteiger partial charge in [-0.2, -0.15) is 0 Å². The van der Waals surface area contributed by atoms with Crippen molar-refractivity contribution in [3.05, 3.63) is 94.0 Å². The second kappa shape index (κ2) is 9.26. The summed E-state index contributed by atoms with van der Waals surface area (Å²) in [6, 6.07) is 19.5. The van der Waals surface area contributed by atoms with E-state index < -0.39 is 18.0 Å². The van der Waals surface area contributed by atoms with Gasteiger partial charge < -0.3 is 14.6 Å². The van der Waals surface area contributed by atoms with E-state index >= 15 is 0 Å². The van der Waals surface area contributed by atoms with Crippen LogP contribution < -0.4 is 10.9 Å². The molecule has 1 atom stereocenters. The fourth-order valence-corrected chi connectivity index (χ4v) is 3.66. The number of amides is 1. The Bertz CT molecular complexity index is 1400. The van der Waals surface area contributed by atoms with Crippen molar-refractivity contribution in [3.8, 4) is 11.1 Å². The lowest BCUT2D eigenvalue weighted by molar-refractivity contribution is -0.123. The molecule has 0 saturated heterocycles. The first-order valence-electron chi connectivity index (χ1n) is 10.2. The van der Waals surface area contributed by atoms with Crippen LogP contribution >= 0.6 is 11.6 Å². The number of benzene rings is 2. The number of ether oxygens (including phenoxy) is 1. The van der Waals surface area contributed by atoms with E-state index in [-0.39, 0.29) is 17.1 Å². The van der Waals surface area contributed by atoms with Crippen LogP contribution in [0.4, 0.5) is 5.82 Å². The number of carbonyl (C=O) groups is 2. The molecule has 0 aliphatic rings. The van der Waals surface area contributed by atoms with Crippen molar-refractivity contribution in [1.29, 1.82) is 0 Å². The Morgan fingerprint density at radius 2 is 1.67 bits per heavy atom. The van der Waals surface area contributed by atoms with Crippen molar-refractivity contribution >= 4 is 40.1 Å². The second-order valence-corrected chi connectivity index (χ2v) is 7.83. The third-order valence-corrected chi connectivity index (χ3v) is 5.41.